The molecule has 10 nitrogen and oxygen atoms in total. The second-order valence-corrected chi connectivity index (χ2v) is 11.3. The maximum atomic E-state index is 13.8. The molecule has 1 N–H and O–H groups in total. The number of carbonyl (C=O) groups is 2. The first-order valence-electron chi connectivity index (χ1n) is 12.6. The van der Waals surface area contributed by atoms with Gasteiger partial charge in [-0.05, 0) is 50.5 Å². The van der Waals surface area contributed by atoms with Gasteiger partial charge in [0.2, 0.25) is 10.0 Å². The van der Waals surface area contributed by atoms with Crippen molar-refractivity contribution in [3.63, 3.8) is 0 Å². The molecule has 2 aromatic carbocycles. The highest BCUT2D eigenvalue weighted by Crippen LogP contribution is 2.42. The van der Waals surface area contributed by atoms with Gasteiger partial charge in [-0.15, -0.1) is 0 Å². The van der Waals surface area contributed by atoms with Crippen LogP contribution in [0.15, 0.2) is 35.2 Å². The summed E-state index contributed by atoms with van der Waals surface area (Å²) in [5.74, 6) is -0.132. The Balaban J connectivity index is 1.56. The molecular weight excluding hydrogens is 498 g/mol. The molecule has 11 heteroatoms. The van der Waals surface area contributed by atoms with Crippen LogP contribution in [-0.2, 0) is 24.3 Å². The molecule has 3 aliphatic rings. The number of anilines is 2. The number of nitrogens with one attached hydrogen (secondary N) is 1. The maximum Gasteiger partial charge on any atom is 0.309 e. The third-order valence-electron chi connectivity index (χ3n) is 6.95. The SMILES string of the molecule is CCOC(=O)C1CCN(c2cc3c(cc2S(=O)(=O)N2CCOCC2)C(=O)Nc2cc(C)ccc2O3)CC1. The summed E-state index contributed by atoms with van der Waals surface area (Å²) in [6.07, 6.45) is 1.08. The molecular formula is C26H31N3O7S. The number of rotatable bonds is 5. The number of nitrogens with zero attached hydrogens (tertiary/aromatic N) is 2. The minimum atomic E-state index is -3.94. The van der Waals surface area contributed by atoms with Gasteiger partial charge >= 0.3 is 5.97 Å². The van der Waals surface area contributed by atoms with Gasteiger partial charge in [0.15, 0.2) is 5.75 Å². The molecule has 2 saturated heterocycles. The Morgan fingerprint density at radius 2 is 1.81 bits per heavy atom. The van der Waals surface area contributed by atoms with E-state index in [1.54, 1.807) is 19.1 Å². The van der Waals surface area contributed by atoms with Gasteiger partial charge in [0.05, 0.1) is 42.7 Å². The van der Waals surface area contributed by atoms with Crippen molar-refractivity contribution in [1.82, 2.24) is 4.31 Å². The summed E-state index contributed by atoms with van der Waals surface area (Å²) in [6, 6.07) is 8.53. The second-order valence-electron chi connectivity index (χ2n) is 9.40. The molecule has 2 aromatic rings. The molecule has 37 heavy (non-hydrogen) atoms. The van der Waals surface area contributed by atoms with E-state index in [0.29, 0.717) is 62.9 Å². The summed E-state index contributed by atoms with van der Waals surface area (Å²) in [5.41, 5.74) is 2.08. The van der Waals surface area contributed by atoms with Gasteiger partial charge in [-0.3, -0.25) is 9.59 Å². The molecule has 0 aliphatic carbocycles. The molecule has 0 unspecified atom stereocenters. The monoisotopic (exact) mass is 529 g/mol. The van der Waals surface area contributed by atoms with E-state index in [-0.39, 0.29) is 41.2 Å². The summed E-state index contributed by atoms with van der Waals surface area (Å²) in [7, 11) is -3.94. The van der Waals surface area contributed by atoms with Crippen LogP contribution in [0.2, 0.25) is 0 Å². The van der Waals surface area contributed by atoms with Crippen LogP contribution in [0.25, 0.3) is 0 Å². The number of aryl methyl sites for hydroxylation is 1. The Kier molecular flexibility index (Phi) is 7.11. The number of piperidine rings is 1. The molecule has 0 spiro atoms. The lowest BCUT2D eigenvalue weighted by Crippen LogP contribution is -2.42. The predicted molar refractivity (Wildman–Crippen MR) is 137 cm³/mol. The number of benzene rings is 2. The van der Waals surface area contributed by atoms with Crippen molar-refractivity contribution >= 4 is 33.3 Å². The maximum absolute atomic E-state index is 13.8. The van der Waals surface area contributed by atoms with E-state index in [9.17, 15) is 18.0 Å². The van der Waals surface area contributed by atoms with Crippen LogP contribution < -0.4 is 15.0 Å². The van der Waals surface area contributed by atoms with Crippen LogP contribution in [0.5, 0.6) is 11.5 Å². The Hall–Kier alpha value is -3.15. The molecule has 2 fully saturated rings. The standard InChI is InChI=1S/C26H31N3O7S/c1-3-35-26(31)18-6-8-28(9-7-18)21-16-23-19(15-24(21)37(32,33)29-10-12-34-13-11-29)25(30)27-20-14-17(2)4-5-22(20)36-23/h4-5,14-16,18H,3,6-13H2,1-2H3,(H,27,30). The fourth-order valence-electron chi connectivity index (χ4n) is 4.95. The van der Waals surface area contributed by atoms with Crippen molar-refractivity contribution in [2.24, 2.45) is 5.92 Å². The summed E-state index contributed by atoms with van der Waals surface area (Å²) < 4.78 is 45.8. The fraction of sp³-hybridized carbons (Fsp3) is 0.462. The second kappa shape index (κ2) is 10.3. The van der Waals surface area contributed by atoms with Gasteiger partial charge < -0.3 is 24.4 Å². The first-order chi connectivity index (χ1) is 17.8. The summed E-state index contributed by atoms with van der Waals surface area (Å²) in [4.78, 5) is 27.5. The largest absolute Gasteiger partial charge is 0.466 e. The first kappa shape index (κ1) is 25.5. The van der Waals surface area contributed by atoms with Crippen LogP contribution in [0.1, 0.15) is 35.7 Å². The Labute approximate surface area is 216 Å². The van der Waals surface area contributed by atoms with Crippen LogP contribution in [-0.4, -0.2) is 70.6 Å². The van der Waals surface area contributed by atoms with Gasteiger partial charge in [-0.1, -0.05) is 6.07 Å². The zero-order valence-corrected chi connectivity index (χ0v) is 21.8. The summed E-state index contributed by atoms with van der Waals surface area (Å²) in [6.45, 7) is 6.04. The highest BCUT2D eigenvalue weighted by Gasteiger charge is 2.35. The number of hydrogen-bond acceptors (Lipinski definition) is 8. The smallest absolute Gasteiger partial charge is 0.309 e. The average Bonchev–Trinajstić information content (AvgIpc) is 3.03. The molecule has 0 bridgehead atoms. The van der Waals surface area contributed by atoms with Crippen LogP contribution in [0.4, 0.5) is 11.4 Å². The lowest BCUT2D eigenvalue weighted by Gasteiger charge is -2.35. The van der Waals surface area contributed by atoms with Crippen LogP contribution >= 0.6 is 0 Å². The van der Waals surface area contributed by atoms with E-state index >= 15 is 0 Å². The molecule has 3 aliphatic heterocycles. The van der Waals surface area contributed by atoms with Crippen molar-refractivity contribution in [3.05, 3.63) is 41.5 Å². The van der Waals surface area contributed by atoms with E-state index in [1.807, 2.05) is 24.0 Å². The average molecular weight is 530 g/mol. The summed E-state index contributed by atoms with van der Waals surface area (Å²) in [5, 5.41) is 2.85. The number of carbonyl (C=O) groups excluding carboxylic acids is 2. The number of amides is 1. The highest BCUT2D eigenvalue weighted by atomic mass is 32.2. The van der Waals surface area contributed by atoms with Gasteiger partial charge in [0.25, 0.3) is 5.91 Å². The zero-order chi connectivity index (χ0) is 26.2. The molecule has 1 amide bonds. The predicted octanol–water partition coefficient (Wildman–Crippen LogP) is 3.15. The lowest BCUT2D eigenvalue weighted by molar-refractivity contribution is -0.148. The van der Waals surface area contributed by atoms with E-state index in [0.717, 1.165) is 5.56 Å². The van der Waals surface area contributed by atoms with Crippen LogP contribution in [0.3, 0.4) is 0 Å². The number of morpholine rings is 1. The normalized spacial score (nSPS) is 18.8. The Morgan fingerprint density at radius 3 is 2.51 bits per heavy atom. The molecule has 0 aromatic heterocycles. The fourth-order valence-corrected chi connectivity index (χ4v) is 6.57. The number of sulfonamides is 1. The first-order valence-corrected chi connectivity index (χ1v) is 14.0. The number of fused-ring (bicyclic) bond motifs is 2. The Morgan fingerprint density at radius 1 is 1.08 bits per heavy atom. The summed E-state index contributed by atoms with van der Waals surface area (Å²) >= 11 is 0. The third kappa shape index (κ3) is 5.03. The van der Waals surface area contributed by atoms with Crippen molar-refractivity contribution in [2.75, 3.05) is 56.2 Å². The number of hydrogen-bond donors (Lipinski definition) is 1. The van der Waals surface area contributed by atoms with E-state index < -0.39 is 15.9 Å². The zero-order valence-electron chi connectivity index (χ0n) is 21.0. The van der Waals surface area contributed by atoms with Gasteiger partial charge in [-0.2, -0.15) is 4.31 Å². The quantitative estimate of drug-likeness (QED) is 0.588. The number of ether oxygens (including phenoxy) is 3. The van der Waals surface area contributed by atoms with Crippen molar-refractivity contribution in [1.29, 1.82) is 0 Å². The Bertz CT molecular complexity index is 1310. The molecule has 0 atom stereocenters. The van der Waals surface area contributed by atoms with Crippen molar-refractivity contribution < 1.29 is 32.2 Å². The van der Waals surface area contributed by atoms with Crippen LogP contribution in [0, 0.1) is 12.8 Å². The topological polar surface area (TPSA) is 114 Å². The van der Waals surface area contributed by atoms with Crippen molar-refractivity contribution in [3.8, 4) is 11.5 Å². The van der Waals surface area contributed by atoms with Crippen molar-refractivity contribution in [2.45, 2.75) is 31.6 Å². The van der Waals surface area contributed by atoms with E-state index in [1.165, 1.54) is 10.4 Å². The molecule has 0 saturated carbocycles. The minimum Gasteiger partial charge on any atom is -0.466 e. The molecule has 198 valence electrons. The van der Waals surface area contributed by atoms with Gasteiger partial charge in [0.1, 0.15) is 10.6 Å². The molecule has 5 rings (SSSR count). The van der Waals surface area contributed by atoms with E-state index in [4.69, 9.17) is 14.2 Å². The lowest BCUT2D eigenvalue weighted by atomic mass is 9.96. The highest BCUT2D eigenvalue weighted by molar-refractivity contribution is 7.89. The van der Waals surface area contributed by atoms with Gasteiger partial charge in [0, 0.05) is 32.2 Å². The number of esters is 1. The van der Waals surface area contributed by atoms with E-state index in [2.05, 4.69) is 5.32 Å². The molecule has 3 heterocycles. The van der Waals surface area contributed by atoms with Gasteiger partial charge in [-0.25, -0.2) is 8.42 Å². The minimum absolute atomic E-state index is 0.0450. The third-order valence-corrected chi connectivity index (χ3v) is 8.88. The molecule has 0 radical (unpaired) electrons.